The monoisotopic (exact) mass is 254 g/mol. The van der Waals surface area contributed by atoms with Crippen molar-refractivity contribution < 1.29 is 19.0 Å². The first kappa shape index (κ1) is 13.6. The molecule has 1 aliphatic carbocycles. The van der Waals surface area contributed by atoms with E-state index in [1.165, 1.54) is 6.08 Å². The van der Waals surface area contributed by atoms with E-state index in [-0.39, 0.29) is 11.8 Å². The molecule has 0 bridgehead atoms. The maximum absolute atomic E-state index is 11.1. The Balaban J connectivity index is 1.69. The fourth-order valence-corrected chi connectivity index (χ4v) is 2.69. The molecule has 1 heterocycles. The van der Waals surface area contributed by atoms with Crippen LogP contribution in [0.1, 0.15) is 39.0 Å². The molecule has 1 aliphatic heterocycles. The summed E-state index contributed by atoms with van der Waals surface area (Å²) in [5.74, 6) is 0.114. The third-order valence-corrected chi connectivity index (χ3v) is 3.69. The quantitative estimate of drug-likeness (QED) is 0.571. The predicted molar refractivity (Wildman–Crippen MR) is 67.0 cm³/mol. The van der Waals surface area contributed by atoms with E-state index in [9.17, 15) is 4.79 Å². The summed E-state index contributed by atoms with van der Waals surface area (Å²) in [4.78, 5) is 11.1. The van der Waals surface area contributed by atoms with E-state index in [2.05, 4.69) is 0 Å². The largest absolute Gasteiger partial charge is 0.463 e. The number of carbonyl (C=O) groups excluding carboxylic acids is 1. The van der Waals surface area contributed by atoms with Crippen molar-refractivity contribution in [3.63, 3.8) is 0 Å². The first-order chi connectivity index (χ1) is 8.74. The molecule has 0 amide bonds. The highest BCUT2D eigenvalue weighted by Crippen LogP contribution is 2.39. The van der Waals surface area contributed by atoms with Gasteiger partial charge in [-0.15, -0.1) is 0 Å². The van der Waals surface area contributed by atoms with Crippen LogP contribution in [-0.2, 0) is 19.0 Å². The van der Waals surface area contributed by atoms with Crippen LogP contribution < -0.4 is 0 Å². The summed E-state index contributed by atoms with van der Waals surface area (Å²) >= 11 is 0. The fraction of sp³-hybridized carbons (Fsp3) is 0.786. The van der Waals surface area contributed by atoms with Crippen LogP contribution in [-0.4, -0.2) is 31.6 Å². The van der Waals surface area contributed by atoms with Gasteiger partial charge < -0.3 is 14.2 Å². The first-order valence-corrected chi connectivity index (χ1v) is 6.85. The molecule has 2 rings (SSSR count). The molecule has 2 aliphatic rings. The van der Waals surface area contributed by atoms with Gasteiger partial charge >= 0.3 is 5.97 Å². The SMILES string of the molecule is CCOC(=O)/C=C/CC1CCC2(CC1)OCCO2. The van der Waals surface area contributed by atoms with Crippen molar-refractivity contribution in [1.82, 2.24) is 0 Å². The van der Waals surface area contributed by atoms with Gasteiger partial charge in [0.2, 0.25) is 0 Å². The van der Waals surface area contributed by atoms with E-state index < -0.39 is 0 Å². The average molecular weight is 254 g/mol. The number of rotatable bonds is 4. The highest BCUT2D eigenvalue weighted by atomic mass is 16.7. The van der Waals surface area contributed by atoms with Crippen molar-refractivity contribution in [1.29, 1.82) is 0 Å². The van der Waals surface area contributed by atoms with Crippen LogP contribution in [0.3, 0.4) is 0 Å². The smallest absolute Gasteiger partial charge is 0.330 e. The lowest BCUT2D eigenvalue weighted by atomic mass is 9.83. The molecule has 0 unspecified atom stereocenters. The van der Waals surface area contributed by atoms with Gasteiger partial charge in [-0.1, -0.05) is 6.08 Å². The second-order valence-corrected chi connectivity index (χ2v) is 4.94. The fourth-order valence-electron chi connectivity index (χ4n) is 2.69. The number of esters is 1. The second kappa shape index (κ2) is 6.34. The lowest BCUT2D eigenvalue weighted by Gasteiger charge is -2.35. The van der Waals surface area contributed by atoms with Gasteiger partial charge in [0.05, 0.1) is 19.8 Å². The van der Waals surface area contributed by atoms with Crippen LogP contribution in [0, 0.1) is 5.92 Å². The molecule has 4 heteroatoms. The Bertz CT molecular complexity index is 295. The molecule has 0 aromatic rings. The van der Waals surface area contributed by atoms with Crippen LogP contribution in [0.25, 0.3) is 0 Å². The van der Waals surface area contributed by atoms with E-state index in [1.807, 2.05) is 13.0 Å². The summed E-state index contributed by atoms with van der Waals surface area (Å²) in [6.07, 6.45) is 8.57. The number of ether oxygens (including phenoxy) is 3. The Morgan fingerprint density at radius 2 is 2.00 bits per heavy atom. The Morgan fingerprint density at radius 1 is 1.33 bits per heavy atom. The zero-order valence-corrected chi connectivity index (χ0v) is 11.0. The zero-order valence-electron chi connectivity index (χ0n) is 11.0. The van der Waals surface area contributed by atoms with E-state index in [0.29, 0.717) is 12.5 Å². The van der Waals surface area contributed by atoms with E-state index >= 15 is 0 Å². The molecular formula is C14H22O4. The molecule has 4 nitrogen and oxygen atoms in total. The van der Waals surface area contributed by atoms with E-state index in [4.69, 9.17) is 14.2 Å². The number of hydrogen-bond acceptors (Lipinski definition) is 4. The number of hydrogen-bond donors (Lipinski definition) is 0. The lowest BCUT2D eigenvalue weighted by Crippen LogP contribution is -2.35. The van der Waals surface area contributed by atoms with Crippen LogP contribution in [0.15, 0.2) is 12.2 Å². The van der Waals surface area contributed by atoms with Gasteiger partial charge in [-0.25, -0.2) is 4.79 Å². The Hall–Kier alpha value is -0.870. The summed E-state index contributed by atoms with van der Waals surface area (Å²) in [5, 5.41) is 0. The van der Waals surface area contributed by atoms with Crippen molar-refractivity contribution in [2.45, 2.75) is 44.8 Å². The Kier molecular flexibility index (Phi) is 4.78. The minimum atomic E-state index is -0.276. The Labute approximate surface area is 108 Å². The normalized spacial score (nSPS) is 23.8. The molecule has 0 radical (unpaired) electrons. The zero-order chi connectivity index (χ0) is 12.8. The number of allylic oxidation sites excluding steroid dienone is 1. The van der Waals surface area contributed by atoms with E-state index in [0.717, 1.165) is 45.3 Å². The maximum atomic E-state index is 11.1. The molecule has 0 atom stereocenters. The van der Waals surface area contributed by atoms with Gasteiger partial charge in [0.1, 0.15) is 0 Å². The standard InChI is InChI=1S/C14H22O4/c1-2-16-13(15)5-3-4-12-6-8-14(9-7-12)17-10-11-18-14/h3,5,12H,2,4,6-11H2,1H3/b5-3+. The summed E-state index contributed by atoms with van der Waals surface area (Å²) in [7, 11) is 0. The minimum absolute atomic E-state index is 0.243. The maximum Gasteiger partial charge on any atom is 0.330 e. The van der Waals surface area contributed by atoms with Gasteiger partial charge in [0, 0.05) is 18.9 Å². The third-order valence-electron chi connectivity index (χ3n) is 3.69. The van der Waals surface area contributed by atoms with Crippen molar-refractivity contribution in [2.75, 3.05) is 19.8 Å². The molecule has 1 saturated heterocycles. The van der Waals surface area contributed by atoms with Crippen LogP contribution in [0.2, 0.25) is 0 Å². The molecule has 1 saturated carbocycles. The van der Waals surface area contributed by atoms with Crippen LogP contribution >= 0.6 is 0 Å². The molecule has 1 spiro atoms. The van der Waals surface area contributed by atoms with Crippen LogP contribution in [0.5, 0.6) is 0 Å². The van der Waals surface area contributed by atoms with Gasteiger partial charge in [-0.05, 0) is 32.1 Å². The summed E-state index contributed by atoms with van der Waals surface area (Å²) in [6.45, 7) is 3.71. The lowest BCUT2D eigenvalue weighted by molar-refractivity contribution is -0.182. The number of carbonyl (C=O) groups is 1. The molecule has 18 heavy (non-hydrogen) atoms. The van der Waals surface area contributed by atoms with Gasteiger partial charge in [-0.3, -0.25) is 0 Å². The van der Waals surface area contributed by atoms with Crippen molar-refractivity contribution in [2.24, 2.45) is 5.92 Å². The third kappa shape index (κ3) is 3.56. The van der Waals surface area contributed by atoms with Crippen molar-refractivity contribution in [3.05, 3.63) is 12.2 Å². The summed E-state index contributed by atoms with van der Waals surface area (Å²) < 4.78 is 16.2. The molecule has 0 N–H and O–H groups in total. The van der Waals surface area contributed by atoms with E-state index in [1.54, 1.807) is 0 Å². The summed E-state index contributed by atoms with van der Waals surface area (Å²) in [6, 6.07) is 0. The second-order valence-electron chi connectivity index (χ2n) is 4.94. The van der Waals surface area contributed by atoms with Gasteiger partial charge in [-0.2, -0.15) is 0 Å². The predicted octanol–water partition coefficient (Wildman–Crippen LogP) is 2.43. The molecule has 0 aromatic heterocycles. The van der Waals surface area contributed by atoms with Crippen molar-refractivity contribution in [3.8, 4) is 0 Å². The highest BCUT2D eigenvalue weighted by molar-refractivity contribution is 5.81. The van der Waals surface area contributed by atoms with Gasteiger partial charge in [0.25, 0.3) is 0 Å². The molecule has 0 aromatic carbocycles. The molecule has 102 valence electrons. The average Bonchev–Trinajstić information content (AvgIpc) is 2.81. The van der Waals surface area contributed by atoms with Crippen molar-refractivity contribution >= 4 is 5.97 Å². The minimum Gasteiger partial charge on any atom is -0.463 e. The molecular weight excluding hydrogens is 232 g/mol. The first-order valence-electron chi connectivity index (χ1n) is 6.85. The van der Waals surface area contributed by atoms with Crippen LogP contribution in [0.4, 0.5) is 0 Å². The summed E-state index contributed by atoms with van der Waals surface area (Å²) in [5.41, 5.74) is 0. The van der Waals surface area contributed by atoms with Gasteiger partial charge in [0.15, 0.2) is 5.79 Å². The topological polar surface area (TPSA) is 44.8 Å². The molecule has 2 fully saturated rings. The highest BCUT2D eigenvalue weighted by Gasteiger charge is 2.39. The Morgan fingerprint density at radius 3 is 2.61 bits per heavy atom.